The second-order valence-corrected chi connectivity index (χ2v) is 2.74. The average molecular weight is 188 g/mol. The fraction of sp³-hybridized carbons (Fsp3) is 0.100. The molecule has 2 aromatic rings. The minimum Gasteiger partial charge on any atom is -0.465 e. The van der Waals surface area contributed by atoms with Gasteiger partial charge in [0.25, 0.3) is 0 Å². The number of hydrogen-bond donors (Lipinski definition) is 0. The molecule has 0 amide bonds. The van der Waals surface area contributed by atoms with Gasteiger partial charge < -0.3 is 4.74 Å². The van der Waals surface area contributed by atoms with Crippen LogP contribution < -0.4 is 0 Å². The zero-order valence-electron chi connectivity index (χ0n) is 7.60. The van der Waals surface area contributed by atoms with Crippen LogP contribution in [-0.4, -0.2) is 23.0 Å². The van der Waals surface area contributed by atoms with Gasteiger partial charge in [-0.3, -0.25) is 9.97 Å². The lowest BCUT2D eigenvalue weighted by Crippen LogP contribution is -2.02. The Kier molecular flexibility index (Phi) is 2.10. The Morgan fingerprint density at radius 3 is 3.00 bits per heavy atom. The summed E-state index contributed by atoms with van der Waals surface area (Å²) in [6, 6.07) is 3.38. The minimum absolute atomic E-state index is 0.358. The highest BCUT2D eigenvalue weighted by molar-refractivity contribution is 6.02. The molecule has 0 radical (unpaired) electrons. The smallest absolute Gasteiger partial charge is 0.338 e. The Labute approximate surface area is 80.6 Å². The lowest BCUT2D eigenvalue weighted by molar-refractivity contribution is 0.0603. The predicted molar refractivity (Wildman–Crippen MR) is 50.9 cm³/mol. The summed E-state index contributed by atoms with van der Waals surface area (Å²) >= 11 is 0. The van der Waals surface area contributed by atoms with Crippen molar-refractivity contribution in [2.45, 2.75) is 0 Å². The first-order valence-electron chi connectivity index (χ1n) is 4.10. The summed E-state index contributed by atoms with van der Waals surface area (Å²) in [7, 11) is 1.36. The van der Waals surface area contributed by atoms with Crippen LogP contribution in [0.25, 0.3) is 10.9 Å². The molecule has 0 spiro atoms. The fourth-order valence-corrected chi connectivity index (χ4v) is 1.29. The lowest BCUT2D eigenvalue weighted by atomic mass is 10.1. The molecule has 4 nitrogen and oxygen atoms in total. The lowest BCUT2D eigenvalue weighted by Gasteiger charge is -2.02. The number of rotatable bonds is 1. The largest absolute Gasteiger partial charge is 0.465 e. The van der Waals surface area contributed by atoms with Crippen LogP contribution in [0.4, 0.5) is 0 Å². The number of hydrogen-bond acceptors (Lipinski definition) is 4. The van der Waals surface area contributed by atoms with E-state index in [1.165, 1.54) is 7.11 Å². The van der Waals surface area contributed by atoms with Crippen molar-refractivity contribution in [1.29, 1.82) is 0 Å². The number of fused-ring (bicyclic) bond motifs is 1. The van der Waals surface area contributed by atoms with Gasteiger partial charge in [-0.2, -0.15) is 0 Å². The molecule has 0 aliphatic rings. The van der Waals surface area contributed by atoms with Crippen molar-refractivity contribution in [2.75, 3.05) is 7.11 Å². The van der Waals surface area contributed by atoms with Gasteiger partial charge >= 0.3 is 5.97 Å². The summed E-state index contributed by atoms with van der Waals surface area (Å²) in [6.45, 7) is 0. The van der Waals surface area contributed by atoms with Crippen LogP contribution in [0.3, 0.4) is 0 Å². The summed E-state index contributed by atoms with van der Waals surface area (Å²) in [4.78, 5) is 19.4. The zero-order chi connectivity index (χ0) is 9.97. The maximum atomic E-state index is 11.4. The highest BCUT2D eigenvalue weighted by atomic mass is 16.5. The molecule has 0 aliphatic carbocycles. The molecular formula is C10H8N2O2. The number of aromatic nitrogens is 2. The Morgan fingerprint density at radius 1 is 1.36 bits per heavy atom. The van der Waals surface area contributed by atoms with Crippen LogP contribution >= 0.6 is 0 Å². The molecular weight excluding hydrogens is 180 g/mol. The van der Waals surface area contributed by atoms with E-state index in [4.69, 9.17) is 0 Å². The summed E-state index contributed by atoms with van der Waals surface area (Å²) < 4.78 is 4.66. The van der Waals surface area contributed by atoms with Gasteiger partial charge in [-0.05, 0) is 12.1 Å². The molecule has 0 atom stereocenters. The number of nitrogens with zero attached hydrogens (tertiary/aromatic N) is 2. The first kappa shape index (κ1) is 8.62. The molecule has 0 N–H and O–H groups in total. The third kappa shape index (κ3) is 1.31. The Bertz CT molecular complexity index is 477. The van der Waals surface area contributed by atoms with E-state index in [9.17, 15) is 4.79 Å². The summed E-state index contributed by atoms with van der Waals surface area (Å²) in [5, 5.41) is 0.759. The Hall–Kier alpha value is -1.97. The standard InChI is InChI=1S/C10H8N2O2/c1-14-10(13)8-3-5-12-9-6-11-4-2-7(8)9/h2-6H,1H3. The molecule has 2 heterocycles. The van der Waals surface area contributed by atoms with Gasteiger partial charge in [0.05, 0.1) is 24.4 Å². The van der Waals surface area contributed by atoms with Crippen LogP contribution in [-0.2, 0) is 4.74 Å². The second kappa shape index (κ2) is 3.41. The maximum absolute atomic E-state index is 11.4. The van der Waals surface area contributed by atoms with Crippen molar-refractivity contribution in [1.82, 2.24) is 9.97 Å². The molecule has 70 valence electrons. The molecule has 2 aromatic heterocycles. The molecule has 14 heavy (non-hydrogen) atoms. The summed E-state index contributed by atoms with van der Waals surface area (Å²) in [6.07, 6.45) is 4.80. The molecule has 0 fully saturated rings. The molecule has 0 unspecified atom stereocenters. The van der Waals surface area contributed by atoms with E-state index >= 15 is 0 Å². The van der Waals surface area contributed by atoms with E-state index in [0.717, 1.165) is 5.39 Å². The van der Waals surface area contributed by atoms with E-state index in [1.54, 1.807) is 30.7 Å². The van der Waals surface area contributed by atoms with Crippen molar-refractivity contribution < 1.29 is 9.53 Å². The van der Waals surface area contributed by atoms with E-state index in [2.05, 4.69) is 14.7 Å². The highest BCUT2D eigenvalue weighted by Gasteiger charge is 2.09. The molecule has 0 saturated heterocycles. The first-order chi connectivity index (χ1) is 6.83. The monoisotopic (exact) mass is 188 g/mol. The average Bonchev–Trinajstić information content (AvgIpc) is 2.27. The van der Waals surface area contributed by atoms with Crippen LogP contribution in [0.5, 0.6) is 0 Å². The number of pyridine rings is 2. The third-order valence-corrected chi connectivity index (χ3v) is 1.95. The van der Waals surface area contributed by atoms with E-state index in [0.29, 0.717) is 11.1 Å². The van der Waals surface area contributed by atoms with Crippen molar-refractivity contribution in [3.8, 4) is 0 Å². The highest BCUT2D eigenvalue weighted by Crippen LogP contribution is 2.15. The molecule has 0 aromatic carbocycles. The van der Waals surface area contributed by atoms with Gasteiger partial charge in [0.2, 0.25) is 0 Å². The second-order valence-electron chi connectivity index (χ2n) is 2.74. The van der Waals surface area contributed by atoms with E-state index in [-0.39, 0.29) is 5.97 Å². The Morgan fingerprint density at radius 2 is 2.21 bits per heavy atom. The number of esters is 1. The number of methoxy groups -OCH3 is 1. The van der Waals surface area contributed by atoms with Gasteiger partial charge in [0.1, 0.15) is 0 Å². The summed E-state index contributed by atoms with van der Waals surface area (Å²) in [5.74, 6) is -0.358. The van der Waals surface area contributed by atoms with Gasteiger partial charge in [0.15, 0.2) is 0 Å². The number of carbonyl (C=O) groups is 1. The fourth-order valence-electron chi connectivity index (χ4n) is 1.29. The van der Waals surface area contributed by atoms with Crippen molar-refractivity contribution in [2.24, 2.45) is 0 Å². The molecule has 0 aliphatic heterocycles. The minimum atomic E-state index is -0.358. The molecule has 0 bridgehead atoms. The van der Waals surface area contributed by atoms with Gasteiger partial charge in [-0.1, -0.05) is 0 Å². The summed E-state index contributed by atoms with van der Waals surface area (Å²) in [5.41, 5.74) is 1.20. The SMILES string of the molecule is COC(=O)c1ccnc2cnccc12. The molecule has 4 heteroatoms. The van der Waals surface area contributed by atoms with Crippen LogP contribution in [0.2, 0.25) is 0 Å². The van der Waals surface area contributed by atoms with Crippen LogP contribution in [0.15, 0.2) is 30.7 Å². The van der Waals surface area contributed by atoms with Crippen LogP contribution in [0, 0.1) is 0 Å². The molecule has 0 saturated carbocycles. The van der Waals surface area contributed by atoms with Crippen LogP contribution in [0.1, 0.15) is 10.4 Å². The first-order valence-corrected chi connectivity index (χ1v) is 4.10. The quantitative estimate of drug-likeness (QED) is 0.635. The van der Waals surface area contributed by atoms with Gasteiger partial charge in [-0.25, -0.2) is 4.79 Å². The zero-order valence-corrected chi connectivity index (χ0v) is 7.60. The predicted octanol–water partition coefficient (Wildman–Crippen LogP) is 1.42. The van der Waals surface area contributed by atoms with Gasteiger partial charge in [-0.15, -0.1) is 0 Å². The molecule has 2 rings (SSSR count). The topological polar surface area (TPSA) is 52.1 Å². The third-order valence-electron chi connectivity index (χ3n) is 1.95. The maximum Gasteiger partial charge on any atom is 0.338 e. The van der Waals surface area contributed by atoms with Crippen molar-refractivity contribution in [3.63, 3.8) is 0 Å². The number of carbonyl (C=O) groups excluding carboxylic acids is 1. The Balaban J connectivity index is 2.71. The van der Waals surface area contributed by atoms with Crippen molar-refractivity contribution >= 4 is 16.9 Å². The van der Waals surface area contributed by atoms with E-state index < -0.39 is 0 Å². The van der Waals surface area contributed by atoms with Gasteiger partial charge in [0, 0.05) is 17.8 Å². The number of ether oxygens (including phenoxy) is 1. The van der Waals surface area contributed by atoms with E-state index in [1.807, 2.05) is 0 Å². The van der Waals surface area contributed by atoms with Crippen molar-refractivity contribution in [3.05, 3.63) is 36.3 Å². The normalized spacial score (nSPS) is 10.1.